The van der Waals surface area contributed by atoms with Crippen LogP contribution in [-0.2, 0) is 20.8 Å². The van der Waals surface area contributed by atoms with Crippen LogP contribution in [0.4, 0.5) is 5.69 Å². The molecule has 36 heavy (non-hydrogen) atoms. The lowest BCUT2D eigenvalue weighted by atomic mass is 9.85. The van der Waals surface area contributed by atoms with Gasteiger partial charge in [-0.2, -0.15) is 0 Å². The number of rotatable bonds is 13. The Kier molecular flexibility index (Phi) is 10.2. The van der Waals surface area contributed by atoms with Gasteiger partial charge in [-0.1, -0.05) is 18.2 Å². The first kappa shape index (κ1) is 26.7. The molecule has 8 heteroatoms. The summed E-state index contributed by atoms with van der Waals surface area (Å²) in [6.07, 6.45) is 1.49. The van der Waals surface area contributed by atoms with Gasteiger partial charge in [-0.15, -0.1) is 0 Å². The molecule has 1 unspecified atom stereocenters. The number of aliphatic hydroxyl groups excluding tert-OH is 1. The Hall–Kier alpha value is -2.36. The second-order valence-electron chi connectivity index (χ2n) is 9.28. The first-order chi connectivity index (χ1) is 17.7. The zero-order chi connectivity index (χ0) is 25.2. The average molecular weight is 501 g/mol. The third kappa shape index (κ3) is 6.89. The van der Waals surface area contributed by atoms with E-state index in [2.05, 4.69) is 40.5 Å². The van der Waals surface area contributed by atoms with Crippen molar-refractivity contribution in [3.63, 3.8) is 0 Å². The van der Waals surface area contributed by atoms with Crippen LogP contribution in [0.3, 0.4) is 0 Å². The van der Waals surface area contributed by atoms with Gasteiger partial charge in [0.05, 0.1) is 38.2 Å². The normalized spacial score (nSPS) is 21.6. The van der Waals surface area contributed by atoms with E-state index in [1.807, 2.05) is 12.1 Å². The Morgan fingerprint density at radius 3 is 2.56 bits per heavy atom. The van der Waals surface area contributed by atoms with Crippen molar-refractivity contribution in [3.05, 3.63) is 53.6 Å². The summed E-state index contributed by atoms with van der Waals surface area (Å²) in [5.74, 6) is 1.83. The molecule has 0 aromatic heterocycles. The molecule has 2 aliphatic rings. The molecule has 0 saturated carbocycles. The number of methoxy groups -OCH3 is 2. The highest BCUT2D eigenvalue weighted by Gasteiger charge is 2.36. The van der Waals surface area contributed by atoms with E-state index in [0.29, 0.717) is 26.2 Å². The lowest BCUT2D eigenvalue weighted by Crippen LogP contribution is -2.50. The molecule has 1 fully saturated rings. The average Bonchev–Trinajstić information content (AvgIpc) is 2.92. The van der Waals surface area contributed by atoms with Crippen molar-refractivity contribution in [2.75, 3.05) is 71.7 Å². The maximum atomic E-state index is 9.21. The van der Waals surface area contributed by atoms with E-state index in [4.69, 9.17) is 23.7 Å². The molecule has 2 aromatic carbocycles. The van der Waals surface area contributed by atoms with Crippen LogP contribution in [0, 0.1) is 0 Å². The van der Waals surface area contributed by atoms with E-state index in [1.165, 1.54) is 5.56 Å². The van der Waals surface area contributed by atoms with Gasteiger partial charge in [0.25, 0.3) is 0 Å². The second kappa shape index (κ2) is 13.8. The fourth-order valence-electron chi connectivity index (χ4n) is 4.98. The number of aliphatic hydroxyl groups is 1. The molecule has 0 amide bonds. The molecule has 2 heterocycles. The predicted octanol–water partition coefficient (Wildman–Crippen LogP) is 2.97. The number of anilines is 1. The number of piperidine rings is 1. The summed E-state index contributed by atoms with van der Waals surface area (Å²) in [5.41, 5.74) is 3.41. The summed E-state index contributed by atoms with van der Waals surface area (Å²) >= 11 is 0. The monoisotopic (exact) mass is 500 g/mol. The Morgan fingerprint density at radius 2 is 1.81 bits per heavy atom. The SMILES string of the molecule is COCCCN1CCOc2ccc(CO[C@H]3CNC[C@@H](OCCCO)C3c3ccc(OC)cc3)cc21. The van der Waals surface area contributed by atoms with Gasteiger partial charge in [-0.25, -0.2) is 0 Å². The maximum Gasteiger partial charge on any atom is 0.142 e. The molecule has 1 saturated heterocycles. The third-order valence-corrected chi connectivity index (χ3v) is 6.85. The number of nitrogens with one attached hydrogen (secondary N) is 1. The van der Waals surface area contributed by atoms with Gasteiger partial charge in [-0.05, 0) is 48.2 Å². The first-order valence-corrected chi connectivity index (χ1v) is 12.9. The summed E-state index contributed by atoms with van der Waals surface area (Å²) in [7, 11) is 3.42. The molecule has 0 radical (unpaired) electrons. The van der Waals surface area contributed by atoms with E-state index in [0.717, 1.165) is 62.0 Å². The van der Waals surface area contributed by atoms with Crippen molar-refractivity contribution < 1.29 is 28.8 Å². The van der Waals surface area contributed by atoms with Crippen molar-refractivity contribution >= 4 is 5.69 Å². The zero-order valence-corrected chi connectivity index (χ0v) is 21.5. The lowest BCUT2D eigenvalue weighted by molar-refractivity contribution is -0.0616. The molecule has 2 aromatic rings. The van der Waals surface area contributed by atoms with E-state index < -0.39 is 0 Å². The largest absolute Gasteiger partial charge is 0.497 e. The quantitative estimate of drug-likeness (QED) is 0.407. The van der Waals surface area contributed by atoms with Crippen LogP contribution in [0.15, 0.2) is 42.5 Å². The Labute approximate surface area is 214 Å². The van der Waals surface area contributed by atoms with Crippen LogP contribution in [-0.4, -0.2) is 84.1 Å². The fourth-order valence-corrected chi connectivity index (χ4v) is 4.98. The lowest BCUT2D eigenvalue weighted by Gasteiger charge is -2.39. The molecule has 4 rings (SSSR count). The number of hydrogen-bond acceptors (Lipinski definition) is 8. The molecule has 2 N–H and O–H groups in total. The summed E-state index contributed by atoms with van der Waals surface area (Å²) < 4.78 is 29.2. The van der Waals surface area contributed by atoms with Crippen LogP contribution >= 0.6 is 0 Å². The molecule has 2 aliphatic heterocycles. The van der Waals surface area contributed by atoms with Crippen molar-refractivity contribution in [3.8, 4) is 11.5 Å². The van der Waals surface area contributed by atoms with Gasteiger partial charge in [0.15, 0.2) is 0 Å². The number of hydrogen-bond donors (Lipinski definition) is 2. The number of benzene rings is 2. The number of ether oxygens (including phenoxy) is 5. The van der Waals surface area contributed by atoms with Crippen LogP contribution in [0.5, 0.6) is 11.5 Å². The highest BCUT2D eigenvalue weighted by molar-refractivity contribution is 5.61. The van der Waals surface area contributed by atoms with Gasteiger partial charge < -0.3 is 39.0 Å². The van der Waals surface area contributed by atoms with E-state index >= 15 is 0 Å². The summed E-state index contributed by atoms with van der Waals surface area (Å²) in [6.45, 7) is 5.89. The van der Waals surface area contributed by atoms with Crippen molar-refractivity contribution in [2.24, 2.45) is 0 Å². The predicted molar refractivity (Wildman–Crippen MR) is 139 cm³/mol. The number of nitrogens with zero attached hydrogens (tertiary/aromatic N) is 1. The summed E-state index contributed by atoms with van der Waals surface area (Å²) in [6, 6.07) is 14.5. The molecule has 0 bridgehead atoms. The van der Waals surface area contributed by atoms with Gasteiger partial charge in [0.1, 0.15) is 18.1 Å². The molecule has 198 valence electrons. The van der Waals surface area contributed by atoms with Gasteiger partial charge in [0.2, 0.25) is 0 Å². The van der Waals surface area contributed by atoms with E-state index in [1.54, 1.807) is 14.2 Å². The Morgan fingerprint density at radius 1 is 1.00 bits per heavy atom. The maximum absolute atomic E-state index is 9.21. The minimum absolute atomic E-state index is 0.0445. The topological polar surface area (TPSA) is 81.7 Å². The minimum atomic E-state index is -0.0589. The minimum Gasteiger partial charge on any atom is -0.497 e. The molecule has 0 aliphatic carbocycles. The smallest absolute Gasteiger partial charge is 0.142 e. The van der Waals surface area contributed by atoms with Gasteiger partial charge in [-0.3, -0.25) is 0 Å². The number of fused-ring (bicyclic) bond motifs is 1. The van der Waals surface area contributed by atoms with Gasteiger partial charge in [0, 0.05) is 52.5 Å². The summed E-state index contributed by atoms with van der Waals surface area (Å²) in [5, 5.41) is 12.7. The standard InChI is InChI=1S/C28H40N2O6/c1-32-14-3-11-30-12-16-35-25-10-5-21(17-24(25)30)20-36-27-19-29-18-26(34-15-4-13-31)28(27)22-6-8-23(33-2)9-7-22/h5-10,17,26-29,31H,3-4,11-16,18-20H2,1-2H3/t26-,27+,28?/m1/s1. The molecule has 8 nitrogen and oxygen atoms in total. The molecular weight excluding hydrogens is 460 g/mol. The van der Waals surface area contributed by atoms with Crippen molar-refractivity contribution in [1.29, 1.82) is 0 Å². The van der Waals surface area contributed by atoms with Crippen LogP contribution in [0.1, 0.15) is 29.9 Å². The summed E-state index contributed by atoms with van der Waals surface area (Å²) in [4.78, 5) is 2.37. The van der Waals surface area contributed by atoms with Crippen LogP contribution in [0.25, 0.3) is 0 Å². The third-order valence-electron chi connectivity index (χ3n) is 6.85. The highest BCUT2D eigenvalue weighted by atomic mass is 16.5. The van der Waals surface area contributed by atoms with Crippen molar-refractivity contribution in [1.82, 2.24) is 5.32 Å². The van der Waals surface area contributed by atoms with Crippen LogP contribution in [0.2, 0.25) is 0 Å². The molecule has 0 spiro atoms. The van der Waals surface area contributed by atoms with Crippen LogP contribution < -0.4 is 19.7 Å². The highest BCUT2D eigenvalue weighted by Crippen LogP contribution is 2.35. The Balaban J connectivity index is 1.47. The van der Waals surface area contributed by atoms with Gasteiger partial charge >= 0.3 is 0 Å². The van der Waals surface area contributed by atoms with E-state index in [9.17, 15) is 5.11 Å². The Bertz CT molecular complexity index is 925. The second-order valence-corrected chi connectivity index (χ2v) is 9.28. The molecule has 3 atom stereocenters. The fraction of sp³-hybridized carbons (Fsp3) is 0.571. The van der Waals surface area contributed by atoms with E-state index in [-0.39, 0.29) is 24.7 Å². The first-order valence-electron chi connectivity index (χ1n) is 12.9. The van der Waals surface area contributed by atoms with Crippen molar-refractivity contribution in [2.45, 2.75) is 37.6 Å². The zero-order valence-electron chi connectivity index (χ0n) is 21.5. The molecular formula is C28H40N2O6.